The van der Waals surface area contributed by atoms with Crippen molar-refractivity contribution in [3.8, 4) is 5.88 Å². The zero-order chi connectivity index (χ0) is 18.7. The molecule has 26 heavy (non-hydrogen) atoms. The first-order valence-corrected chi connectivity index (χ1v) is 8.58. The first kappa shape index (κ1) is 17.9. The number of methoxy groups -OCH3 is 1. The second-order valence-electron chi connectivity index (χ2n) is 6.51. The number of Topliss-reactive ketones (excluding diaryl/α,β-unsaturated/α-hetero) is 1. The molecule has 1 aromatic carbocycles. The minimum atomic E-state index is -0.0599. The summed E-state index contributed by atoms with van der Waals surface area (Å²) in [6, 6.07) is 12.4. The second-order valence-corrected chi connectivity index (χ2v) is 6.51. The molecule has 2 aromatic heterocycles. The number of carbonyl (C=O) groups excluding carboxylic acids is 1. The Labute approximate surface area is 153 Å². The van der Waals surface area contributed by atoms with Gasteiger partial charge in [0, 0.05) is 32.2 Å². The molecule has 5 nitrogen and oxygen atoms in total. The normalized spacial score (nSPS) is 10.8. The van der Waals surface area contributed by atoms with Crippen LogP contribution >= 0.6 is 0 Å². The molecule has 0 bridgehead atoms. The largest absolute Gasteiger partial charge is 0.481 e. The zero-order valence-corrected chi connectivity index (χ0v) is 15.6. The quantitative estimate of drug-likeness (QED) is 0.639. The lowest BCUT2D eigenvalue weighted by Gasteiger charge is -2.12. The summed E-state index contributed by atoms with van der Waals surface area (Å²) >= 11 is 0. The third-order valence-electron chi connectivity index (χ3n) is 4.46. The van der Waals surface area contributed by atoms with Crippen molar-refractivity contribution < 1.29 is 9.53 Å². The Balaban J connectivity index is 1.80. The van der Waals surface area contributed by atoms with Crippen LogP contribution in [-0.2, 0) is 19.9 Å². The number of ketones is 1. The standard InChI is InChI=1S/C21H23N3O2/c1-14-18(13-20(15(2)25)22-21(14)26-4)11-16-5-7-17(8-6-16)12-19-9-10-24(3)23-19/h5-10,13H,11-12H2,1-4H3. The predicted octanol–water partition coefficient (Wildman–Crippen LogP) is 3.52. The van der Waals surface area contributed by atoms with E-state index in [-0.39, 0.29) is 5.78 Å². The topological polar surface area (TPSA) is 57.0 Å². The fourth-order valence-corrected chi connectivity index (χ4v) is 2.96. The molecule has 0 saturated heterocycles. The van der Waals surface area contributed by atoms with Crippen molar-refractivity contribution in [2.45, 2.75) is 26.7 Å². The first-order valence-electron chi connectivity index (χ1n) is 8.58. The molecule has 0 atom stereocenters. The summed E-state index contributed by atoms with van der Waals surface area (Å²) in [5.74, 6) is 0.453. The van der Waals surface area contributed by atoms with Crippen LogP contribution in [0.2, 0.25) is 0 Å². The number of hydrogen-bond donors (Lipinski definition) is 0. The van der Waals surface area contributed by atoms with E-state index >= 15 is 0 Å². The molecule has 3 aromatic rings. The number of aryl methyl sites for hydroxylation is 1. The molecule has 0 radical (unpaired) electrons. The Morgan fingerprint density at radius 3 is 2.31 bits per heavy atom. The molecule has 3 rings (SSSR count). The van der Waals surface area contributed by atoms with E-state index in [1.165, 1.54) is 18.1 Å². The third-order valence-corrected chi connectivity index (χ3v) is 4.46. The van der Waals surface area contributed by atoms with Crippen LogP contribution < -0.4 is 4.74 Å². The predicted molar refractivity (Wildman–Crippen MR) is 101 cm³/mol. The van der Waals surface area contributed by atoms with Crippen molar-refractivity contribution in [1.82, 2.24) is 14.8 Å². The molecule has 0 aliphatic rings. The number of hydrogen-bond acceptors (Lipinski definition) is 4. The lowest BCUT2D eigenvalue weighted by Crippen LogP contribution is -2.05. The van der Waals surface area contributed by atoms with Gasteiger partial charge in [-0.15, -0.1) is 0 Å². The Morgan fingerprint density at radius 1 is 1.12 bits per heavy atom. The number of aromatic nitrogens is 3. The van der Waals surface area contributed by atoms with Crippen LogP contribution in [0.25, 0.3) is 0 Å². The Kier molecular flexibility index (Phi) is 5.16. The maximum Gasteiger partial charge on any atom is 0.216 e. The van der Waals surface area contributed by atoms with Crippen LogP contribution in [-0.4, -0.2) is 27.7 Å². The highest BCUT2D eigenvalue weighted by Gasteiger charge is 2.13. The van der Waals surface area contributed by atoms with Crippen LogP contribution in [0.5, 0.6) is 5.88 Å². The van der Waals surface area contributed by atoms with Crippen molar-refractivity contribution in [2.24, 2.45) is 7.05 Å². The van der Waals surface area contributed by atoms with Crippen LogP contribution in [0.4, 0.5) is 0 Å². The summed E-state index contributed by atoms with van der Waals surface area (Å²) in [5.41, 5.74) is 5.92. The van der Waals surface area contributed by atoms with Gasteiger partial charge in [-0.2, -0.15) is 5.10 Å². The maximum atomic E-state index is 11.7. The number of rotatable bonds is 6. The van der Waals surface area contributed by atoms with Gasteiger partial charge in [-0.3, -0.25) is 9.48 Å². The molecule has 0 aliphatic heterocycles. The fraction of sp³-hybridized carbons (Fsp3) is 0.286. The number of carbonyl (C=O) groups is 1. The van der Waals surface area contributed by atoms with Crippen LogP contribution in [0.3, 0.4) is 0 Å². The molecule has 0 amide bonds. The van der Waals surface area contributed by atoms with Gasteiger partial charge in [0.15, 0.2) is 5.78 Å². The summed E-state index contributed by atoms with van der Waals surface area (Å²) in [6.45, 7) is 3.49. The van der Waals surface area contributed by atoms with Gasteiger partial charge in [0.1, 0.15) is 5.69 Å². The van der Waals surface area contributed by atoms with Crippen LogP contribution in [0.1, 0.15) is 45.4 Å². The molecule has 134 valence electrons. The van der Waals surface area contributed by atoms with E-state index in [1.54, 1.807) is 7.11 Å². The molecule has 5 heteroatoms. The third kappa shape index (κ3) is 3.99. The highest BCUT2D eigenvalue weighted by molar-refractivity contribution is 5.92. The monoisotopic (exact) mass is 349 g/mol. The molecule has 0 unspecified atom stereocenters. The summed E-state index contributed by atoms with van der Waals surface area (Å²) in [7, 11) is 3.50. The molecular formula is C21H23N3O2. The van der Waals surface area contributed by atoms with Gasteiger partial charge in [-0.25, -0.2) is 4.98 Å². The average molecular weight is 349 g/mol. The summed E-state index contributed by atoms with van der Waals surface area (Å²) in [6.07, 6.45) is 3.50. The number of benzene rings is 1. The van der Waals surface area contributed by atoms with Crippen molar-refractivity contribution >= 4 is 5.78 Å². The highest BCUT2D eigenvalue weighted by Crippen LogP contribution is 2.23. The first-order chi connectivity index (χ1) is 12.5. The Bertz CT molecular complexity index is 927. The van der Waals surface area contributed by atoms with Crippen molar-refractivity contribution in [3.05, 3.63) is 76.2 Å². The molecule has 0 saturated carbocycles. The SMILES string of the molecule is COc1nc(C(C)=O)cc(Cc2ccc(Cc3ccn(C)n3)cc2)c1C. The Hall–Kier alpha value is -2.95. The Morgan fingerprint density at radius 2 is 1.77 bits per heavy atom. The number of pyridine rings is 1. The molecule has 0 N–H and O–H groups in total. The van der Waals surface area contributed by atoms with E-state index in [2.05, 4.69) is 34.3 Å². The lowest BCUT2D eigenvalue weighted by atomic mass is 9.98. The molecule has 0 spiro atoms. The lowest BCUT2D eigenvalue weighted by molar-refractivity contribution is 0.101. The van der Waals surface area contributed by atoms with E-state index < -0.39 is 0 Å². The van der Waals surface area contributed by atoms with Gasteiger partial charge in [0.2, 0.25) is 5.88 Å². The molecule has 0 fully saturated rings. The second kappa shape index (κ2) is 7.52. The van der Waals surface area contributed by atoms with Crippen LogP contribution in [0.15, 0.2) is 42.6 Å². The highest BCUT2D eigenvalue weighted by atomic mass is 16.5. The van der Waals surface area contributed by atoms with E-state index in [9.17, 15) is 4.79 Å². The van der Waals surface area contributed by atoms with Gasteiger partial charge in [0.05, 0.1) is 12.8 Å². The molecular weight excluding hydrogens is 326 g/mol. The fourth-order valence-electron chi connectivity index (χ4n) is 2.96. The minimum Gasteiger partial charge on any atom is -0.481 e. The van der Waals surface area contributed by atoms with Gasteiger partial charge < -0.3 is 4.74 Å². The maximum absolute atomic E-state index is 11.7. The van der Waals surface area contributed by atoms with Gasteiger partial charge in [-0.1, -0.05) is 24.3 Å². The number of nitrogens with zero attached hydrogens (tertiary/aromatic N) is 3. The molecule has 0 aliphatic carbocycles. The van der Waals surface area contributed by atoms with Crippen molar-refractivity contribution in [3.63, 3.8) is 0 Å². The molecule has 2 heterocycles. The van der Waals surface area contributed by atoms with Gasteiger partial charge in [0.25, 0.3) is 0 Å². The summed E-state index contributed by atoms with van der Waals surface area (Å²) in [5, 5.41) is 4.42. The average Bonchev–Trinajstić information content (AvgIpc) is 3.03. The summed E-state index contributed by atoms with van der Waals surface area (Å²) < 4.78 is 7.14. The van der Waals surface area contributed by atoms with E-state index in [1.807, 2.05) is 37.0 Å². The van der Waals surface area contributed by atoms with Crippen molar-refractivity contribution in [2.75, 3.05) is 7.11 Å². The van der Waals surface area contributed by atoms with E-state index in [0.29, 0.717) is 11.6 Å². The van der Waals surface area contributed by atoms with Crippen molar-refractivity contribution in [1.29, 1.82) is 0 Å². The summed E-state index contributed by atoms with van der Waals surface area (Å²) in [4.78, 5) is 16.0. The van der Waals surface area contributed by atoms with Gasteiger partial charge in [-0.05, 0) is 42.2 Å². The number of ether oxygens (including phenoxy) is 1. The zero-order valence-electron chi connectivity index (χ0n) is 15.6. The van der Waals surface area contributed by atoms with E-state index in [0.717, 1.165) is 29.7 Å². The van der Waals surface area contributed by atoms with Crippen LogP contribution in [0, 0.1) is 6.92 Å². The van der Waals surface area contributed by atoms with E-state index in [4.69, 9.17) is 4.74 Å². The van der Waals surface area contributed by atoms with Gasteiger partial charge >= 0.3 is 0 Å². The smallest absolute Gasteiger partial charge is 0.216 e. The minimum absolute atomic E-state index is 0.0599.